The quantitative estimate of drug-likeness (QED) is 0.275. The van der Waals surface area contributed by atoms with E-state index in [1.807, 2.05) is 18.3 Å². The Morgan fingerprint density at radius 2 is 1.73 bits per heavy atom. The number of nitrogens with zero attached hydrogens (tertiary/aromatic N) is 6. The zero-order valence-corrected chi connectivity index (χ0v) is 31.5. The number of aliphatic hydroxyl groups is 1. The average molecular weight is 765 g/mol. The second kappa shape index (κ2) is 13.7. The van der Waals surface area contributed by atoms with Crippen LogP contribution >= 0.6 is 0 Å². The van der Waals surface area contributed by atoms with Gasteiger partial charge in [0.1, 0.15) is 11.7 Å². The van der Waals surface area contributed by atoms with Crippen molar-refractivity contribution in [1.82, 2.24) is 34.4 Å². The number of carbonyl (C=O) groups is 5. The Bertz CT molecular complexity index is 2240. The summed E-state index contributed by atoms with van der Waals surface area (Å²) in [5, 5.41) is 16.1. The lowest BCUT2D eigenvalue weighted by Gasteiger charge is -2.46. The second-order valence-electron chi connectivity index (χ2n) is 16.7. The lowest BCUT2D eigenvalue weighted by atomic mass is 9.88. The molecule has 6 aliphatic rings. The first kappa shape index (κ1) is 36.4. The number of pyridine rings is 2. The number of hydrogen-bond acceptors (Lipinski definition) is 10. The minimum atomic E-state index is -1.59. The van der Waals surface area contributed by atoms with Crippen molar-refractivity contribution >= 4 is 40.9 Å². The lowest BCUT2D eigenvalue weighted by Crippen LogP contribution is -2.54. The zero-order chi connectivity index (χ0) is 39.0. The molecular formula is C41H45FN8O6. The van der Waals surface area contributed by atoms with Gasteiger partial charge in [0.2, 0.25) is 17.7 Å². The van der Waals surface area contributed by atoms with Gasteiger partial charge in [0.15, 0.2) is 11.5 Å². The van der Waals surface area contributed by atoms with Gasteiger partial charge in [0, 0.05) is 85.2 Å². The Hall–Kier alpha value is -5.28. The number of imidazole rings is 1. The van der Waals surface area contributed by atoms with Crippen LogP contribution in [0.15, 0.2) is 54.0 Å². The number of aromatic nitrogens is 3. The Morgan fingerprint density at radius 1 is 0.982 bits per heavy atom. The summed E-state index contributed by atoms with van der Waals surface area (Å²) >= 11 is 0. The SMILES string of the molecule is CC(C)(O)c1c(NC(=O)c2cccc(C3CC3)n2)cn2cc(C3CCN(CC4CN(C5=CC=C6C(=O)N(C7CCC(=O)NC7=O)C(=O)C6C5)C4)CC3)nc2c1F. The van der Waals surface area contributed by atoms with Gasteiger partial charge in [-0.2, -0.15) is 0 Å². The van der Waals surface area contributed by atoms with Crippen LogP contribution in [0.25, 0.3) is 5.65 Å². The predicted octanol–water partition coefficient (Wildman–Crippen LogP) is 3.34. The first-order chi connectivity index (χ1) is 26.8. The summed E-state index contributed by atoms with van der Waals surface area (Å²) in [7, 11) is 0. The molecule has 5 amide bonds. The van der Waals surface area contributed by atoms with Crippen LogP contribution in [0.1, 0.15) is 98.1 Å². The fourth-order valence-electron chi connectivity index (χ4n) is 9.06. The van der Waals surface area contributed by atoms with Gasteiger partial charge in [-0.05, 0) is 77.2 Å². The van der Waals surface area contributed by atoms with Gasteiger partial charge in [0.25, 0.3) is 11.8 Å². The number of nitrogens with one attached hydrogen (secondary N) is 2. The molecule has 2 atom stereocenters. The molecule has 0 radical (unpaired) electrons. The van der Waals surface area contributed by atoms with Crippen LogP contribution in [0.5, 0.6) is 0 Å². The Morgan fingerprint density at radius 3 is 2.45 bits per heavy atom. The van der Waals surface area contributed by atoms with Crippen LogP contribution in [-0.4, -0.2) is 102 Å². The molecule has 9 rings (SSSR count). The highest BCUT2D eigenvalue weighted by molar-refractivity contribution is 6.18. The Kier molecular flexibility index (Phi) is 8.91. The molecule has 0 bridgehead atoms. The van der Waals surface area contributed by atoms with Crippen LogP contribution in [0.3, 0.4) is 0 Å². The van der Waals surface area contributed by atoms with Gasteiger partial charge in [-0.1, -0.05) is 12.1 Å². The van der Waals surface area contributed by atoms with Gasteiger partial charge in [0.05, 0.1) is 22.9 Å². The number of allylic oxidation sites excluding steroid dienone is 3. The molecular weight excluding hydrogens is 719 g/mol. The molecule has 292 valence electrons. The second-order valence-corrected chi connectivity index (χ2v) is 16.7. The van der Waals surface area contributed by atoms with E-state index in [9.17, 15) is 29.1 Å². The Labute approximate surface area is 322 Å². The van der Waals surface area contributed by atoms with Crippen LogP contribution in [0.4, 0.5) is 10.1 Å². The summed E-state index contributed by atoms with van der Waals surface area (Å²) in [4.78, 5) is 78.8. The van der Waals surface area contributed by atoms with Crippen LogP contribution in [0.2, 0.25) is 0 Å². The highest BCUT2D eigenvalue weighted by Gasteiger charge is 2.50. The molecule has 0 aromatic carbocycles. The van der Waals surface area contributed by atoms with Gasteiger partial charge in [-0.3, -0.25) is 34.2 Å². The minimum absolute atomic E-state index is 0.0313. The van der Waals surface area contributed by atoms with E-state index in [0.29, 0.717) is 23.8 Å². The maximum Gasteiger partial charge on any atom is 0.274 e. The number of amides is 5. The highest BCUT2D eigenvalue weighted by Crippen LogP contribution is 2.41. The maximum absolute atomic E-state index is 16.2. The van der Waals surface area contributed by atoms with Crippen LogP contribution in [0, 0.1) is 17.7 Å². The monoisotopic (exact) mass is 764 g/mol. The highest BCUT2D eigenvalue weighted by atomic mass is 19.1. The minimum Gasteiger partial charge on any atom is -0.386 e. The zero-order valence-electron chi connectivity index (χ0n) is 31.5. The van der Waals surface area contributed by atoms with E-state index in [-0.39, 0.29) is 47.3 Å². The summed E-state index contributed by atoms with van der Waals surface area (Å²) in [5.74, 6) is -2.63. The molecule has 5 fully saturated rings. The number of carbonyl (C=O) groups excluding carboxylic acids is 5. The lowest BCUT2D eigenvalue weighted by molar-refractivity contribution is -0.150. The van der Waals surface area contributed by atoms with Gasteiger partial charge in [-0.15, -0.1) is 0 Å². The number of anilines is 1. The molecule has 3 aromatic rings. The van der Waals surface area contributed by atoms with Crippen LogP contribution < -0.4 is 10.6 Å². The number of fused-ring (bicyclic) bond motifs is 2. The summed E-state index contributed by atoms with van der Waals surface area (Å²) < 4.78 is 17.8. The standard InChI is InChI=1S/C41H45FN8O6/c1-41(2,56)34-31(45-37(52)29-5-3-4-28(43-29)23-6-7-23)21-49-20-30(44-36(49)35(34)42)24-12-14-47(15-13-24)17-22-18-48(19-22)25-8-9-26-27(16-25)40(55)50(39(26)54)32-10-11-33(51)46-38(32)53/h3-5,8-9,20-24,27,32,56H,6-7,10-19H2,1-2H3,(H,45,52)(H,46,51,53). The van der Waals surface area contributed by atoms with E-state index in [2.05, 4.69) is 25.4 Å². The topological polar surface area (TPSA) is 170 Å². The van der Waals surface area contributed by atoms with Crippen molar-refractivity contribution in [2.75, 3.05) is 38.0 Å². The van der Waals surface area contributed by atoms with Crippen molar-refractivity contribution in [2.45, 2.75) is 82.3 Å². The number of hydrogen-bond donors (Lipinski definition) is 3. The van der Waals surface area contributed by atoms with Gasteiger partial charge >= 0.3 is 0 Å². The van der Waals surface area contributed by atoms with E-state index >= 15 is 4.39 Å². The van der Waals surface area contributed by atoms with Crippen LogP contribution in [-0.2, 0) is 24.8 Å². The fraction of sp³-hybridized carbons (Fsp3) is 0.488. The van der Waals surface area contributed by atoms with Crippen molar-refractivity contribution < 1.29 is 33.5 Å². The van der Waals surface area contributed by atoms with E-state index in [0.717, 1.165) is 80.4 Å². The van der Waals surface area contributed by atoms with E-state index in [1.165, 1.54) is 13.8 Å². The smallest absolute Gasteiger partial charge is 0.274 e. The summed E-state index contributed by atoms with van der Waals surface area (Å²) in [6, 6.07) is 4.40. The number of halogens is 1. The fourth-order valence-corrected chi connectivity index (χ4v) is 9.06. The molecule has 2 aliphatic carbocycles. The summed E-state index contributed by atoms with van der Waals surface area (Å²) in [6.45, 7) is 7.32. The molecule has 14 nitrogen and oxygen atoms in total. The van der Waals surface area contributed by atoms with Crippen molar-refractivity contribution in [3.05, 3.63) is 82.5 Å². The number of rotatable bonds is 9. The molecule has 4 saturated heterocycles. The van der Waals surface area contributed by atoms with E-state index in [4.69, 9.17) is 4.98 Å². The van der Waals surface area contributed by atoms with Crippen molar-refractivity contribution in [2.24, 2.45) is 11.8 Å². The molecule has 3 N–H and O–H groups in total. The third-order valence-electron chi connectivity index (χ3n) is 12.2. The number of likely N-dealkylation sites (tertiary alicyclic amines) is 3. The van der Waals surface area contributed by atoms with Gasteiger partial charge < -0.3 is 24.6 Å². The molecule has 2 unspecified atom stereocenters. The Balaban J connectivity index is 0.802. The van der Waals surface area contributed by atoms with Crippen molar-refractivity contribution in [1.29, 1.82) is 0 Å². The third-order valence-corrected chi connectivity index (χ3v) is 12.2. The molecule has 7 heterocycles. The van der Waals surface area contributed by atoms with E-state index < -0.39 is 47.0 Å². The number of imide groups is 2. The molecule has 1 saturated carbocycles. The first-order valence-electron chi connectivity index (χ1n) is 19.6. The maximum atomic E-state index is 16.2. The number of piperidine rings is 2. The summed E-state index contributed by atoms with van der Waals surface area (Å²) in [5.41, 5.74) is 1.95. The van der Waals surface area contributed by atoms with Crippen molar-refractivity contribution in [3.8, 4) is 0 Å². The molecule has 3 aromatic heterocycles. The predicted molar refractivity (Wildman–Crippen MR) is 200 cm³/mol. The summed E-state index contributed by atoms with van der Waals surface area (Å²) in [6.07, 6.45) is 11.5. The molecule has 0 spiro atoms. The third kappa shape index (κ3) is 6.59. The van der Waals surface area contributed by atoms with Gasteiger partial charge in [-0.25, -0.2) is 14.4 Å². The normalized spacial score (nSPS) is 23.9. The first-order valence-corrected chi connectivity index (χ1v) is 19.6. The molecule has 56 heavy (non-hydrogen) atoms. The van der Waals surface area contributed by atoms with Crippen molar-refractivity contribution in [3.63, 3.8) is 0 Å². The molecule has 15 heteroatoms. The molecule has 4 aliphatic heterocycles. The average Bonchev–Trinajstić information content (AvgIpc) is 3.87. The van der Waals surface area contributed by atoms with E-state index in [1.54, 1.807) is 28.8 Å². The largest absolute Gasteiger partial charge is 0.386 e.